The van der Waals surface area contributed by atoms with Gasteiger partial charge in [-0.1, -0.05) is 6.07 Å². The number of aromatic amines is 1. The van der Waals surface area contributed by atoms with Gasteiger partial charge in [0.1, 0.15) is 5.52 Å². The average molecular weight is 354 g/mol. The Morgan fingerprint density at radius 1 is 1.42 bits per heavy atom. The number of nitrogens with zero attached hydrogens (tertiary/aromatic N) is 3. The van der Waals surface area contributed by atoms with E-state index in [0.29, 0.717) is 18.5 Å². The first kappa shape index (κ1) is 18.0. The Bertz CT molecular complexity index is 1000. The molecule has 0 unspecified atom stereocenters. The van der Waals surface area contributed by atoms with E-state index in [9.17, 15) is 4.79 Å². The van der Waals surface area contributed by atoms with Crippen molar-refractivity contribution < 1.29 is 0 Å². The molecule has 0 saturated carbocycles. The van der Waals surface area contributed by atoms with Crippen LogP contribution in [0, 0.1) is 6.92 Å². The summed E-state index contributed by atoms with van der Waals surface area (Å²) in [5.74, 6) is 0. The smallest absolute Gasteiger partial charge is 0.262 e. The molecule has 138 valence electrons. The quantitative estimate of drug-likeness (QED) is 0.600. The predicted molar refractivity (Wildman–Crippen MR) is 106 cm³/mol. The summed E-state index contributed by atoms with van der Waals surface area (Å²) in [4.78, 5) is 15.0. The van der Waals surface area contributed by atoms with Crippen molar-refractivity contribution >= 4 is 21.8 Å². The summed E-state index contributed by atoms with van der Waals surface area (Å²) in [6, 6.07) is 6.21. The van der Waals surface area contributed by atoms with E-state index in [1.54, 1.807) is 0 Å². The standard InChI is InChI=1S/C19H26N6O/c1-13-17-18(23-22-13)15-11-14(12-24(3)10-8-21-2)5-6-16(15)25(19(17)26)9-4-7-20/h5-6,8,10-11,21H,4,7,9,12,20H2,1-3H3,(H,22,23)/b10-8-. The van der Waals surface area contributed by atoms with Crippen LogP contribution in [0.4, 0.5) is 0 Å². The molecule has 7 heteroatoms. The van der Waals surface area contributed by atoms with Crippen LogP contribution in [0.15, 0.2) is 35.4 Å². The van der Waals surface area contributed by atoms with Crippen molar-refractivity contribution in [3.8, 4) is 0 Å². The number of hydrogen-bond donors (Lipinski definition) is 3. The molecular formula is C19H26N6O. The molecule has 3 aromatic rings. The Balaban J connectivity index is 2.15. The van der Waals surface area contributed by atoms with Crippen molar-refractivity contribution in [2.24, 2.45) is 5.73 Å². The van der Waals surface area contributed by atoms with Crippen molar-refractivity contribution in [3.05, 3.63) is 52.2 Å². The van der Waals surface area contributed by atoms with E-state index in [4.69, 9.17) is 5.73 Å². The first-order chi connectivity index (χ1) is 12.6. The molecule has 0 radical (unpaired) electrons. The average Bonchev–Trinajstić information content (AvgIpc) is 3.02. The molecule has 2 heterocycles. The fraction of sp³-hybridized carbons (Fsp3) is 0.368. The molecule has 0 amide bonds. The highest BCUT2D eigenvalue weighted by atomic mass is 16.1. The number of aromatic nitrogens is 3. The molecule has 0 spiro atoms. The summed E-state index contributed by atoms with van der Waals surface area (Å²) in [7, 11) is 3.89. The van der Waals surface area contributed by atoms with Gasteiger partial charge >= 0.3 is 0 Å². The molecule has 0 aliphatic carbocycles. The number of H-pyrrole nitrogens is 1. The van der Waals surface area contributed by atoms with Crippen molar-refractivity contribution in [2.75, 3.05) is 20.6 Å². The molecular weight excluding hydrogens is 328 g/mol. The third-order valence-electron chi connectivity index (χ3n) is 4.53. The van der Waals surface area contributed by atoms with Crippen molar-refractivity contribution in [3.63, 3.8) is 0 Å². The summed E-state index contributed by atoms with van der Waals surface area (Å²) in [5, 5.41) is 12.0. The third-order valence-corrected chi connectivity index (χ3v) is 4.53. The van der Waals surface area contributed by atoms with Crippen LogP contribution < -0.4 is 16.6 Å². The first-order valence-corrected chi connectivity index (χ1v) is 8.81. The van der Waals surface area contributed by atoms with E-state index in [0.717, 1.165) is 40.6 Å². The van der Waals surface area contributed by atoms with Gasteiger partial charge in [0, 0.05) is 50.7 Å². The SMILES string of the molecule is CN/C=C\N(C)Cc1ccc2c(c1)c1n[nH]c(C)c1c(=O)n2CCCN. The van der Waals surface area contributed by atoms with Crippen LogP contribution >= 0.6 is 0 Å². The summed E-state index contributed by atoms with van der Waals surface area (Å²) < 4.78 is 1.82. The highest BCUT2D eigenvalue weighted by Crippen LogP contribution is 2.24. The van der Waals surface area contributed by atoms with Gasteiger partial charge in [-0.25, -0.2) is 0 Å². The Labute approximate surface area is 152 Å². The first-order valence-electron chi connectivity index (χ1n) is 8.81. The van der Waals surface area contributed by atoms with Gasteiger partial charge in [-0.05, 0) is 37.6 Å². The van der Waals surface area contributed by atoms with Gasteiger partial charge in [-0.2, -0.15) is 5.10 Å². The molecule has 7 nitrogen and oxygen atoms in total. The fourth-order valence-corrected chi connectivity index (χ4v) is 3.25. The minimum absolute atomic E-state index is 0.00554. The maximum atomic E-state index is 12.9. The fourth-order valence-electron chi connectivity index (χ4n) is 3.25. The second-order valence-corrected chi connectivity index (χ2v) is 6.54. The maximum absolute atomic E-state index is 12.9. The van der Waals surface area contributed by atoms with Crippen molar-refractivity contribution in [1.29, 1.82) is 0 Å². The molecule has 1 aromatic carbocycles. The van der Waals surface area contributed by atoms with Gasteiger partial charge in [0.2, 0.25) is 0 Å². The van der Waals surface area contributed by atoms with Gasteiger partial charge in [0.15, 0.2) is 0 Å². The van der Waals surface area contributed by atoms with Gasteiger partial charge in [-0.3, -0.25) is 9.89 Å². The Morgan fingerprint density at radius 3 is 2.96 bits per heavy atom. The third kappa shape index (κ3) is 3.30. The largest absolute Gasteiger partial charge is 0.393 e. The topological polar surface area (TPSA) is 92.0 Å². The number of aryl methyl sites for hydroxylation is 2. The molecule has 0 aliphatic heterocycles. The van der Waals surface area contributed by atoms with Gasteiger partial charge in [-0.15, -0.1) is 0 Å². The molecule has 2 aromatic heterocycles. The second kappa shape index (κ2) is 7.61. The van der Waals surface area contributed by atoms with Crippen LogP contribution in [-0.4, -0.2) is 40.3 Å². The minimum atomic E-state index is -0.00554. The van der Waals surface area contributed by atoms with Gasteiger partial charge < -0.3 is 20.5 Å². The van der Waals surface area contributed by atoms with Crippen LogP contribution in [0.25, 0.3) is 21.8 Å². The van der Waals surface area contributed by atoms with Crippen molar-refractivity contribution in [1.82, 2.24) is 25.0 Å². The number of benzene rings is 1. The van der Waals surface area contributed by atoms with Crippen LogP contribution in [0.3, 0.4) is 0 Å². The van der Waals surface area contributed by atoms with E-state index in [2.05, 4.69) is 32.5 Å². The number of pyridine rings is 1. The van der Waals surface area contributed by atoms with E-state index in [1.165, 1.54) is 0 Å². The zero-order valence-corrected chi connectivity index (χ0v) is 15.5. The van der Waals surface area contributed by atoms with Crippen LogP contribution in [0.5, 0.6) is 0 Å². The second-order valence-electron chi connectivity index (χ2n) is 6.54. The minimum Gasteiger partial charge on any atom is -0.393 e. The lowest BCUT2D eigenvalue weighted by Crippen LogP contribution is -2.22. The highest BCUT2D eigenvalue weighted by Gasteiger charge is 2.15. The summed E-state index contributed by atoms with van der Waals surface area (Å²) in [5.41, 5.74) is 9.25. The summed E-state index contributed by atoms with van der Waals surface area (Å²) in [6.07, 6.45) is 4.64. The summed E-state index contributed by atoms with van der Waals surface area (Å²) >= 11 is 0. The number of nitrogens with two attached hydrogens (primary N) is 1. The number of rotatable bonds is 7. The molecule has 0 fully saturated rings. The molecule has 4 N–H and O–H groups in total. The highest BCUT2D eigenvalue weighted by molar-refractivity contribution is 6.04. The Kier molecular flexibility index (Phi) is 5.27. The van der Waals surface area contributed by atoms with E-state index >= 15 is 0 Å². The maximum Gasteiger partial charge on any atom is 0.262 e. The van der Waals surface area contributed by atoms with Gasteiger partial charge in [0.05, 0.1) is 10.9 Å². The number of hydrogen-bond acceptors (Lipinski definition) is 5. The Morgan fingerprint density at radius 2 is 2.23 bits per heavy atom. The van der Waals surface area contributed by atoms with Crippen LogP contribution in [-0.2, 0) is 13.1 Å². The van der Waals surface area contributed by atoms with E-state index < -0.39 is 0 Å². The predicted octanol–water partition coefficient (Wildman–Crippen LogP) is 1.66. The lowest BCUT2D eigenvalue weighted by atomic mass is 10.1. The molecule has 0 atom stereocenters. The molecule has 26 heavy (non-hydrogen) atoms. The van der Waals surface area contributed by atoms with Crippen LogP contribution in [0.1, 0.15) is 17.7 Å². The lowest BCUT2D eigenvalue weighted by molar-refractivity contribution is 0.449. The lowest BCUT2D eigenvalue weighted by Gasteiger charge is -2.16. The zero-order valence-electron chi connectivity index (χ0n) is 15.5. The van der Waals surface area contributed by atoms with E-state index in [1.807, 2.05) is 44.1 Å². The van der Waals surface area contributed by atoms with Gasteiger partial charge in [0.25, 0.3) is 5.56 Å². The monoisotopic (exact) mass is 354 g/mol. The number of fused-ring (bicyclic) bond motifs is 3. The normalized spacial score (nSPS) is 11.7. The zero-order chi connectivity index (χ0) is 18.7. The van der Waals surface area contributed by atoms with Crippen molar-refractivity contribution in [2.45, 2.75) is 26.4 Å². The molecule has 0 saturated heterocycles. The number of nitrogens with one attached hydrogen (secondary N) is 2. The van der Waals surface area contributed by atoms with E-state index in [-0.39, 0.29) is 5.56 Å². The molecule has 0 bridgehead atoms. The summed E-state index contributed by atoms with van der Waals surface area (Å²) in [6.45, 7) is 3.81. The Hall–Kier alpha value is -2.80. The molecule has 0 aliphatic rings. The molecule has 3 rings (SSSR count). The van der Waals surface area contributed by atoms with Crippen LogP contribution in [0.2, 0.25) is 0 Å².